The van der Waals surface area contributed by atoms with Gasteiger partial charge >= 0.3 is 0 Å². The third-order valence-electron chi connectivity index (χ3n) is 2.88. The van der Waals surface area contributed by atoms with Crippen LogP contribution in [-0.4, -0.2) is 5.78 Å². The molecule has 1 heteroatoms. The van der Waals surface area contributed by atoms with E-state index >= 15 is 0 Å². The molecule has 0 fully saturated rings. The highest BCUT2D eigenvalue weighted by Crippen LogP contribution is 2.29. The molecule has 0 saturated carbocycles. The molecule has 0 heterocycles. The summed E-state index contributed by atoms with van der Waals surface area (Å²) in [7, 11) is 0. The normalized spacial score (nSPS) is 21.1. The van der Waals surface area contributed by atoms with Crippen molar-refractivity contribution >= 4 is 5.78 Å². The second kappa shape index (κ2) is 5.79. The van der Waals surface area contributed by atoms with Gasteiger partial charge in [0, 0.05) is 12.3 Å². The molecular formula is C13H20O. The van der Waals surface area contributed by atoms with Crippen molar-refractivity contribution in [1.82, 2.24) is 0 Å². The number of Topliss-reactive ketones (excluding diaryl/α,β-unsaturated/α-hetero) is 1. The van der Waals surface area contributed by atoms with Gasteiger partial charge in [0.1, 0.15) is 5.78 Å². The van der Waals surface area contributed by atoms with E-state index in [9.17, 15) is 4.79 Å². The van der Waals surface area contributed by atoms with Crippen molar-refractivity contribution in [3.05, 3.63) is 24.3 Å². The summed E-state index contributed by atoms with van der Waals surface area (Å²) in [6.45, 7) is 5.92. The van der Waals surface area contributed by atoms with Gasteiger partial charge in [0.2, 0.25) is 0 Å². The average molecular weight is 192 g/mol. The number of hydrogen-bond donors (Lipinski definition) is 0. The minimum atomic E-state index is 0.222. The minimum absolute atomic E-state index is 0.222. The molecule has 0 aromatic carbocycles. The number of allylic oxidation sites excluding steroid dienone is 3. The summed E-state index contributed by atoms with van der Waals surface area (Å²) < 4.78 is 0. The smallest absolute Gasteiger partial charge is 0.143 e. The van der Waals surface area contributed by atoms with E-state index in [0.29, 0.717) is 12.2 Å². The molecule has 1 atom stereocenters. The predicted molar refractivity (Wildman–Crippen MR) is 60.2 cm³/mol. The topological polar surface area (TPSA) is 17.1 Å². The summed E-state index contributed by atoms with van der Waals surface area (Å²) in [4.78, 5) is 11.6. The SMILES string of the molecule is C=CCC1=CCC(=O)C1CCCCC. The van der Waals surface area contributed by atoms with Crippen LogP contribution in [0, 0.1) is 5.92 Å². The summed E-state index contributed by atoms with van der Waals surface area (Å²) in [5.74, 6) is 0.637. The first-order valence-corrected chi connectivity index (χ1v) is 5.62. The van der Waals surface area contributed by atoms with E-state index in [1.807, 2.05) is 6.08 Å². The van der Waals surface area contributed by atoms with Gasteiger partial charge in [-0.15, -0.1) is 6.58 Å². The Morgan fingerprint density at radius 1 is 1.57 bits per heavy atom. The second-order valence-electron chi connectivity index (χ2n) is 3.99. The zero-order valence-electron chi connectivity index (χ0n) is 9.09. The molecular weight excluding hydrogens is 172 g/mol. The summed E-state index contributed by atoms with van der Waals surface area (Å²) >= 11 is 0. The first-order chi connectivity index (χ1) is 6.79. The molecule has 0 aromatic heterocycles. The number of carbonyl (C=O) groups is 1. The van der Waals surface area contributed by atoms with Gasteiger partial charge in [-0.1, -0.05) is 43.9 Å². The van der Waals surface area contributed by atoms with Crippen molar-refractivity contribution in [2.45, 2.75) is 45.4 Å². The van der Waals surface area contributed by atoms with Crippen LogP contribution in [0.25, 0.3) is 0 Å². The lowest BCUT2D eigenvalue weighted by molar-refractivity contribution is -0.120. The predicted octanol–water partition coefficient (Wildman–Crippen LogP) is 3.66. The molecule has 1 aliphatic carbocycles. The van der Waals surface area contributed by atoms with E-state index in [1.165, 1.54) is 24.8 Å². The maximum atomic E-state index is 11.6. The van der Waals surface area contributed by atoms with Crippen LogP contribution in [0.15, 0.2) is 24.3 Å². The molecule has 78 valence electrons. The lowest BCUT2D eigenvalue weighted by atomic mass is 9.92. The number of carbonyl (C=O) groups excluding carboxylic acids is 1. The standard InChI is InChI=1S/C13H20O/c1-3-5-6-8-12-11(7-4-2)9-10-13(12)14/h4,9,12H,2-3,5-8,10H2,1H3. The molecule has 0 amide bonds. The van der Waals surface area contributed by atoms with Crippen molar-refractivity contribution in [3.63, 3.8) is 0 Å². The maximum Gasteiger partial charge on any atom is 0.143 e. The van der Waals surface area contributed by atoms with E-state index < -0.39 is 0 Å². The lowest BCUT2D eigenvalue weighted by Crippen LogP contribution is -2.10. The Labute approximate surface area is 86.9 Å². The van der Waals surface area contributed by atoms with E-state index in [2.05, 4.69) is 19.6 Å². The number of rotatable bonds is 6. The van der Waals surface area contributed by atoms with E-state index in [-0.39, 0.29) is 5.92 Å². The monoisotopic (exact) mass is 192 g/mol. The Morgan fingerprint density at radius 2 is 2.36 bits per heavy atom. The van der Waals surface area contributed by atoms with Crippen LogP contribution >= 0.6 is 0 Å². The number of unbranched alkanes of at least 4 members (excludes halogenated alkanes) is 2. The molecule has 0 bridgehead atoms. The Balaban J connectivity index is 2.43. The zero-order valence-corrected chi connectivity index (χ0v) is 9.09. The Kier molecular flexibility index (Phi) is 4.64. The highest BCUT2D eigenvalue weighted by atomic mass is 16.1. The van der Waals surface area contributed by atoms with Gasteiger partial charge in [0.25, 0.3) is 0 Å². The Bertz CT molecular complexity index is 238. The average Bonchev–Trinajstić information content (AvgIpc) is 2.50. The van der Waals surface area contributed by atoms with Crippen molar-refractivity contribution < 1.29 is 4.79 Å². The van der Waals surface area contributed by atoms with Gasteiger partial charge in [-0.05, 0) is 12.8 Å². The van der Waals surface area contributed by atoms with E-state index in [4.69, 9.17) is 0 Å². The van der Waals surface area contributed by atoms with Gasteiger partial charge in [0.15, 0.2) is 0 Å². The first kappa shape index (κ1) is 11.2. The fourth-order valence-electron chi connectivity index (χ4n) is 2.06. The summed E-state index contributed by atoms with van der Waals surface area (Å²) in [5, 5.41) is 0. The molecule has 1 aliphatic rings. The van der Waals surface area contributed by atoms with Crippen LogP contribution in [0.1, 0.15) is 45.4 Å². The molecule has 0 aliphatic heterocycles. The largest absolute Gasteiger partial charge is 0.299 e. The molecule has 1 unspecified atom stereocenters. The van der Waals surface area contributed by atoms with Crippen LogP contribution in [0.5, 0.6) is 0 Å². The third-order valence-corrected chi connectivity index (χ3v) is 2.88. The van der Waals surface area contributed by atoms with Crippen LogP contribution < -0.4 is 0 Å². The van der Waals surface area contributed by atoms with Gasteiger partial charge in [-0.25, -0.2) is 0 Å². The lowest BCUT2D eigenvalue weighted by Gasteiger charge is -2.11. The van der Waals surface area contributed by atoms with Crippen LogP contribution in [-0.2, 0) is 4.79 Å². The number of ketones is 1. The second-order valence-corrected chi connectivity index (χ2v) is 3.99. The minimum Gasteiger partial charge on any atom is -0.299 e. The molecule has 0 aromatic rings. The molecule has 0 radical (unpaired) electrons. The van der Waals surface area contributed by atoms with Gasteiger partial charge < -0.3 is 0 Å². The molecule has 1 nitrogen and oxygen atoms in total. The van der Waals surface area contributed by atoms with Crippen molar-refractivity contribution in [1.29, 1.82) is 0 Å². The van der Waals surface area contributed by atoms with E-state index in [1.54, 1.807) is 0 Å². The molecule has 1 rings (SSSR count). The molecule has 14 heavy (non-hydrogen) atoms. The molecule has 0 spiro atoms. The molecule has 0 N–H and O–H groups in total. The van der Waals surface area contributed by atoms with Gasteiger partial charge in [-0.2, -0.15) is 0 Å². The zero-order chi connectivity index (χ0) is 10.4. The highest BCUT2D eigenvalue weighted by Gasteiger charge is 2.25. The summed E-state index contributed by atoms with van der Waals surface area (Å²) in [5.41, 5.74) is 1.31. The van der Waals surface area contributed by atoms with Crippen molar-refractivity contribution in [3.8, 4) is 0 Å². The Morgan fingerprint density at radius 3 is 3.00 bits per heavy atom. The molecule has 0 saturated heterocycles. The van der Waals surface area contributed by atoms with E-state index in [0.717, 1.165) is 12.8 Å². The van der Waals surface area contributed by atoms with Crippen LogP contribution in [0.4, 0.5) is 0 Å². The van der Waals surface area contributed by atoms with Gasteiger partial charge in [-0.3, -0.25) is 4.79 Å². The highest BCUT2D eigenvalue weighted by molar-refractivity contribution is 5.88. The fourth-order valence-corrected chi connectivity index (χ4v) is 2.06. The summed E-state index contributed by atoms with van der Waals surface area (Å²) in [6.07, 6.45) is 10.2. The Hall–Kier alpha value is -0.850. The van der Waals surface area contributed by atoms with Crippen molar-refractivity contribution in [2.75, 3.05) is 0 Å². The fraction of sp³-hybridized carbons (Fsp3) is 0.615. The van der Waals surface area contributed by atoms with Crippen molar-refractivity contribution in [2.24, 2.45) is 5.92 Å². The van der Waals surface area contributed by atoms with Crippen LogP contribution in [0.3, 0.4) is 0 Å². The summed E-state index contributed by atoms with van der Waals surface area (Å²) in [6, 6.07) is 0. The maximum absolute atomic E-state index is 11.6. The quantitative estimate of drug-likeness (QED) is 0.463. The number of hydrogen-bond acceptors (Lipinski definition) is 1. The third kappa shape index (κ3) is 2.83. The van der Waals surface area contributed by atoms with Crippen LogP contribution in [0.2, 0.25) is 0 Å². The van der Waals surface area contributed by atoms with Gasteiger partial charge in [0.05, 0.1) is 0 Å². The first-order valence-electron chi connectivity index (χ1n) is 5.62.